The Labute approximate surface area is 126 Å². The molecule has 0 aliphatic heterocycles. The van der Waals surface area contributed by atoms with Crippen LogP contribution < -0.4 is 5.32 Å². The Morgan fingerprint density at radius 1 is 1.33 bits per heavy atom. The van der Waals surface area contributed by atoms with Crippen LogP contribution in [-0.4, -0.2) is 45.8 Å². The first-order valence-corrected chi connectivity index (χ1v) is 7.71. The van der Waals surface area contributed by atoms with E-state index in [1.807, 2.05) is 6.92 Å². The van der Waals surface area contributed by atoms with Gasteiger partial charge in [-0.05, 0) is 32.5 Å². The maximum absolute atomic E-state index is 11.3. The summed E-state index contributed by atoms with van der Waals surface area (Å²) in [4.78, 5) is 13.3. The van der Waals surface area contributed by atoms with E-state index < -0.39 is 0 Å². The fourth-order valence-corrected chi connectivity index (χ4v) is 2.41. The van der Waals surface area contributed by atoms with Gasteiger partial charge in [0.05, 0.1) is 4.92 Å². The Kier molecular flexibility index (Phi) is 7.14. The fraction of sp³-hybridized carbons (Fsp3) is 0.786. The van der Waals surface area contributed by atoms with Crippen molar-refractivity contribution >= 4 is 11.5 Å². The average Bonchev–Trinajstić information content (AvgIpc) is 2.75. The van der Waals surface area contributed by atoms with E-state index in [0.29, 0.717) is 24.5 Å². The Morgan fingerprint density at radius 3 is 2.52 bits per heavy atom. The first kappa shape index (κ1) is 17.4. The van der Waals surface area contributed by atoms with Gasteiger partial charge in [-0.1, -0.05) is 27.2 Å². The lowest BCUT2D eigenvalue weighted by Crippen LogP contribution is -2.25. The summed E-state index contributed by atoms with van der Waals surface area (Å²) >= 11 is 0. The molecule has 0 bridgehead atoms. The highest BCUT2D eigenvalue weighted by atomic mass is 16.6. The van der Waals surface area contributed by atoms with Gasteiger partial charge < -0.3 is 10.2 Å². The quantitative estimate of drug-likeness (QED) is 0.408. The van der Waals surface area contributed by atoms with Crippen LogP contribution in [0.15, 0.2) is 0 Å². The minimum Gasteiger partial charge on any atom is -0.364 e. The molecule has 0 aliphatic carbocycles. The summed E-state index contributed by atoms with van der Waals surface area (Å²) in [5.74, 6) is 0.517. The third-order valence-electron chi connectivity index (χ3n) is 3.60. The smallest absolute Gasteiger partial charge is 0.333 e. The first-order valence-electron chi connectivity index (χ1n) is 7.71. The Morgan fingerprint density at radius 2 is 2.00 bits per heavy atom. The molecule has 1 heterocycles. The second-order valence-electron chi connectivity index (χ2n) is 5.08. The summed E-state index contributed by atoms with van der Waals surface area (Å²) in [5, 5.41) is 18.7. The van der Waals surface area contributed by atoms with Gasteiger partial charge >= 0.3 is 5.69 Å². The van der Waals surface area contributed by atoms with Crippen LogP contribution in [0, 0.1) is 10.1 Å². The van der Waals surface area contributed by atoms with Crippen LogP contribution in [0.5, 0.6) is 0 Å². The van der Waals surface area contributed by atoms with Crippen LogP contribution in [-0.2, 0) is 13.5 Å². The zero-order valence-electron chi connectivity index (χ0n) is 13.6. The van der Waals surface area contributed by atoms with Crippen LogP contribution in [0.25, 0.3) is 0 Å². The Bertz CT molecular complexity index is 454. The van der Waals surface area contributed by atoms with Crippen molar-refractivity contribution in [2.45, 2.75) is 40.0 Å². The van der Waals surface area contributed by atoms with Crippen LogP contribution in [0.2, 0.25) is 0 Å². The van der Waals surface area contributed by atoms with Gasteiger partial charge in [-0.15, -0.1) is 0 Å². The number of nitro groups is 1. The highest BCUT2D eigenvalue weighted by molar-refractivity contribution is 5.59. The SMILES string of the molecule is CCCc1nn(C)c(NCCCN(CC)CC)c1[N+](=O)[O-]. The molecule has 0 saturated heterocycles. The molecule has 7 nitrogen and oxygen atoms in total. The van der Waals surface area contributed by atoms with Crippen molar-refractivity contribution in [3.63, 3.8) is 0 Å². The van der Waals surface area contributed by atoms with Gasteiger partial charge in [-0.25, -0.2) is 4.68 Å². The molecule has 1 rings (SSSR count). The summed E-state index contributed by atoms with van der Waals surface area (Å²) in [6.07, 6.45) is 2.43. The highest BCUT2D eigenvalue weighted by Gasteiger charge is 2.25. The molecule has 0 aliphatic rings. The van der Waals surface area contributed by atoms with E-state index in [9.17, 15) is 10.1 Å². The predicted molar refractivity (Wildman–Crippen MR) is 84.8 cm³/mol. The lowest BCUT2D eigenvalue weighted by Gasteiger charge is -2.17. The molecular formula is C14H27N5O2. The lowest BCUT2D eigenvalue weighted by molar-refractivity contribution is -0.384. The first-order chi connectivity index (χ1) is 10.0. The van der Waals surface area contributed by atoms with Crippen molar-refractivity contribution in [2.75, 3.05) is 31.5 Å². The summed E-state index contributed by atoms with van der Waals surface area (Å²) in [6.45, 7) is 10.0. The van der Waals surface area contributed by atoms with Crippen molar-refractivity contribution in [3.05, 3.63) is 15.8 Å². The molecule has 0 fully saturated rings. The fourth-order valence-electron chi connectivity index (χ4n) is 2.41. The number of aryl methyl sites for hydroxylation is 2. The third kappa shape index (κ3) is 4.70. The molecule has 1 aromatic rings. The van der Waals surface area contributed by atoms with Gasteiger partial charge in [0.25, 0.3) is 0 Å². The van der Waals surface area contributed by atoms with E-state index in [2.05, 4.69) is 29.2 Å². The summed E-state index contributed by atoms with van der Waals surface area (Å²) in [6, 6.07) is 0. The van der Waals surface area contributed by atoms with E-state index in [-0.39, 0.29) is 10.6 Å². The van der Waals surface area contributed by atoms with Crippen molar-refractivity contribution in [3.8, 4) is 0 Å². The third-order valence-corrected chi connectivity index (χ3v) is 3.60. The molecule has 0 atom stereocenters. The largest absolute Gasteiger partial charge is 0.364 e. The molecule has 1 N–H and O–H groups in total. The number of anilines is 1. The number of hydrogen-bond donors (Lipinski definition) is 1. The standard InChI is InChI=1S/C14H27N5O2/c1-5-9-12-13(19(20)21)14(17(4)16-12)15-10-8-11-18(6-2)7-3/h15H,5-11H2,1-4H3. The minimum atomic E-state index is -0.329. The Hall–Kier alpha value is -1.63. The predicted octanol–water partition coefficient (Wildman–Crippen LogP) is 2.42. The summed E-state index contributed by atoms with van der Waals surface area (Å²) in [7, 11) is 1.75. The molecule has 120 valence electrons. The van der Waals surface area contributed by atoms with Gasteiger partial charge in [0.2, 0.25) is 5.82 Å². The zero-order valence-corrected chi connectivity index (χ0v) is 13.6. The van der Waals surface area contributed by atoms with E-state index >= 15 is 0 Å². The normalized spacial score (nSPS) is 11.1. The summed E-state index contributed by atoms with van der Waals surface area (Å²) in [5.41, 5.74) is 0.693. The van der Waals surface area contributed by atoms with E-state index in [4.69, 9.17) is 0 Å². The second-order valence-corrected chi connectivity index (χ2v) is 5.08. The zero-order chi connectivity index (χ0) is 15.8. The molecule has 0 radical (unpaired) electrons. The van der Waals surface area contributed by atoms with Gasteiger partial charge in [0, 0.05) is 13.6 Å². The maximum atomic E-state index is 11.3. The average molecular weight is 297 g/mol. The molecule has 21 heavy (non-hydrogen) atoms. The molecular weight excluding hydrogens is 270 g/mol. The monoisotopic (exact) mass is 297 g/mol. The molecule has 0 saturated carbocycles. The summed E-state index contributed by atoms with van der Waals surface area (Å²) < 4.78 is 1.58. The van der Waals surface area contributed by atoms with E-state index in [1.54, 1.807) is 11.7 Å². The second kappa shape index (κ2) is 8.61. The van der Waals surface area contributed by atoms with E-state index in [0.717, 1.165) is 32.5 Å². The van der Waals surface area contributed by atoms with Crippen molar-refractivity contribution < 1.29 is 4.92 Å². The molecule has 7 heteroatoms. The molecule has 0 spiro atoms. The van der Waals surface area contributed by atoms with Crippen LogP contribution in [0.4, 0.5) is 11.5 Å². The number of rotatable bonds is 10. The van der Waals surface area contributed by atoms with Gasteiger partial charge in [-0.2, -0.15) is 5.10 Å². The Balaban J connectivity index is 2.68. The van der Waals surface area contributed by atoms with Gasteiger partial charge in [0.15, 0.2) is 0 Å². The van der Waals surface area contributed by atoms with Gasteiger partial charge in [-0.3, -0.25) is 10.1 Å². The van der Waals surface area contributed by atoms with Crippen LogP contribution in [0.3, 0.4) is 0 Å². The minimum absolute atomic E-state index is 0.127. The number of nitrogens with one attached hydrogen (secondary N) is 1. The van der Waals surface area contributed by atoms with Crippen LogP contribution >= 0.6 is 0 Å². The highest BCUT2D eigenvalue weighted by Crippen LogP contribution is 2.28. The number of aromatic nitrogens is 2. The number of hydrogen-bond acceptors (Lipinski definition) is 5. The molecule has 1 aromatic heterocycles. The molecule has 0 unspecified atom stereocenters. The van der Waals surface area contributed by atoms with Crippen molar-refractivity contribution in [1.82, 2.24) is 14.7 Å². The molecule has 0 aromatic carbocycles. The lowest BCUT2D eigenvalue weighted by atomic mass is 10.2. The van der Waals surface area contributed by atoms with E-state index in [1.165, 1.54) is 0 Å². The van der Waals surface area contributed by atoms with Crippen molar-refractivity contribution in [2.24, 2.45) is 7.05 Å². The topological polar surface area (TPSA) is 76.2 Å². The maximum Gasteiger partial charge on any atom is 0.333 e. The van der Waals surface area contributed by atoms with Crippen molar-refractivity contribution in [1.29, 1.82) is 0 Å². The van der Waals surface area contributed by atoms with Crippen LogP contribution in [0.1, 0.15) is 39.3 Å². The molecule has 0 amide bonds. The number of nitrogens with zero attached hydrogens (tertiary/aromatic N) is 4. The van der Waals surface area contributed by atoms with Gasteiger partial charge in [0.1, 0.15) is 5.69 Å².